The van der Waals surface area contributed by atoms with E-state index in [0.717, 1.165) is 16.7 Å². The first-order valence-corrected chi connectivity index (χ1v) is 4.12. The largest absolute Gasteiger partial charge is 0.465 e. The molecule has 0 atom stereocenters. The van der Waals surface area contributed by atoms with E-state index in [1.807, 2.05) is 26.0 Å². The van der Waals surface area contributed by atoms with Gasteiger partial charge in [0.25, 0.3) is 0 Å². The van der Waals surface area contributed by atoms with Crippen molar-refractivity contribution >= 4 is 6.09 Å². The van der Waals surface area contributed by atoms with Crippen molar-refractivity contribution in [1.29, 1.82) is 0 Å². The molecular weight excluding hydrogens is 166 g/mol. The Balaban J connectivity index is 2.71. The maximum Gasteiger partial charge on any atom is 0.404 e. The van der Waals surface area contributed by atoms with Crippen molar-refractivity contribution in [2.24, 2.45) is 0 Å². The Bertz CT molecular complexity index is 300. The second-order valence-electron chi connectivity index (χ2n) is 3.15. The van der Waals surface area contributed by atoms with Crippen LogP contribution < -0.4 is 5.32 Å². The minimum atomic E-state index is -0.987. The van der Waals surface area contributed by atoms with Crippen molar-refractivity contribution in [3.63, 3.8) is 0 Å². The number of carbonyl (C=O) groups is 1. The van der Waals surface area contributed by atoms with Crippen LogP contribution in [-0.4, -0.2) is 11.2 Å². The van der Waals surface area contributed by atoms with Gasteiger partial charge in [-0.15, -0.1) is 0 Å². The Labute approximate surface area is 77.4 Å². The highest BCUT2D eigenvalue weighted by Crippen LogP contribution is 2.08. The van der Waals surface area contributed by atoms with Gasteiger partial charge < -0.3 is 10.4 Å². The summed E-state index contributed by atoms with van der Waals surface area (Å²) >= 11 is 0. The number of hydrogen-bond donors (Lipinski definition) is 2. The highest BCUT2D eigenvalue weighted by Gasteiger charge is 1.97. The summed E-state index contributed by atoms with van der Waals surface area (Å²) in [5.74, 6) is 0. The van der Waals surface area contributed by atoms with E-state index in [2.05, 4.69) is 11.4 Å². The molecule has 1 aromatic carbocycles. The third-order valence-electron chi connectivity index (χ3n) is 1.73. The minimum absolute atomic E-state index is 0.373. The number of rotatable bonds is 2. The lowest BCUT2D eigenvalue weighted by molar-refractivity contribution is 0.194. The third kappa shape index (κ3) is 3.15. The average Bonchev–Trinajstić information content (AvgIpc) is 1.99. The molecule has 0 bridgehead atoms. The topological polar surface area (TPSA) is 49.3 Å². The van der Waals surface area contributed by atoms with Crippen LogP contribution in [0.15, 0.2) is 18.2 Å². The molecule has 3 nitrogen and oxygen atoms in total. The quantitative estimate of drug-likeness (QED) is 0.730. The summed E-state index contributed by atoms with van der Waals surface area (Å²) in [5, 5.41) is 10.7. The fraction of sp³-hybridized carbons (Fsp3) is 0.300. The predicted molar refractivity (Wildman–Crippen MR) is 50.8 cm³/mol. The highest BCUT2D eigenvalue weighted by molar-refractivity contribution is 5.64. The Hall–Kier alpha value is -1.51. The predicted octanol–water partition coefficient (Wildman–Crippen LogP) is 2.07. The minimum Gasteiger partial charge on any atom is -0.465 e. The first-order chi connectivity index (χ1) is 6.08. The Morgan fingerprint density at radius 3 is 2.31 bits per heavy atom. The summed E-state index contributed by atoms with van der Waals surface area (Å²) in [7, 11) is 0. The Kier molecular flexibility index (Phi) is 2.90. The van der Waals surface area contributed by atoms with E-state index >= 15 is 0 Å². The van der Waals surface area contributed by atoms with Crippen LogP contribution in [0.25, 0.3) is 0 Å². The number of aryl methyl sites for hydroxylation is 2. The number of nitrogens with one attached hydrogen (secondary N) is 1. The van der Waals surface area contributed by atoms with E-state index in [1.54, 1.807) is 0 Å². The molecule has 0 spiro atoms. The number of amides is 1. The molecule has 2 N–H and O–H groups in total. The number of benzene rings is 1. The standard InChI is InChI=1S/C10H13NO2/c1-7-3-8(2)5-9(4-7)6-11-10(12)13/h3-5,11H,6H2,1-2H3,(H,12,13). The van der Waals surface area contributed by atoms with Crippen LogP contribution >= 0.6 is 0 Å². The third-order valence-corrected chi connectivity index (χ3v) is 1.73. The lowest BCUT2D eigenvalue weighted by atomic mass is 10.1. The molecule has 1 amide bonds. The highest BCUT2D eigenvalue weighted by atomic mass is 16.4. The van der Waals surface area contributed by atoms with Crippen LogP contribution in [0.4, 0.5) is 4.79 Å². The monoisotopic (exact) mass is 179 g/mol. The Morgan fingerprint density at radius 2 is 1.85 bits per heavy atom. The van der Waals surface area contributed by atoms with Gasteiger partial charge in [-0.3, -0.25) is 0 Å². The molecule has 3 heteroatoms. The molecule has 0 fully saturated rings. The van der Waals surface area contributed by atoms with Gasteiger partial charge in [-0.25, -0.2) is 4.79 Å². The van der Waals surface area contributed by atoms with Gasteiger partial charge in [0.1, 0.15) is 0 Å². The molecule has 1 aromatic rings. The van der Waals surface area contributed by atoms with Crippen molar-refractivity contribution < 1.29 is 9.90 Å². The summed E-state index contributed by atoms with van der Waals surface area (Å²) in [6, 6.07) is 6.01. The molecule has 13 heavy (non-hydrogen) atoms. The first kappa shape index (κ1) is 9.58. The molecule has 70 valence electrons. The van der Waals surface area contributed by atoms with Crippen LogP contribution in [0.3, 0.4) is 0 Å². The van der Waals surface area contributed by atoms with Gasteiger partial charge in [0.15, 0.2) is 0 Å². The zero-order valence-electron chi connectivity index (χ0n) is 7.79. The first-order valence-electron chi connectivity index (χ1n) is 4.12. The maximum atomic E-state index is 10.2. The summed E-state index contributed by atoms with van der Waals surface area (Å²) in [4.78, 5) is 10.2. The molecule has 0 aliphatic rings. The van der Waals surface area contributed by atoms with Crippen LogP contribution in [0.1, 0.15) is 16.7 Å². The van der Waals surface area contributed by atoms with E-state index in [-0.39, 0.29) is 0 Å². The fourth-order valence-corrected chi connectivity index (χ4v) is 1.35. The molecule has 0 saturated heterocycles. The van der Waals surface area contributed by atoms with Gasteiger partial charge in [0.05, 0.1) is 0 Å². The van der Waals surface area contributed by atoms with Gasteiger partial charge in [0, 0.05) is 6.54 Å². The molecule has 0 aliphatic carbocycles. The summed E-state index contributed by atoms with van der Waals surface area (Å²) in [5.41, 5.74) is 3.31. The van der Waals surface area contributed by atoms with Crippen molar-refractivity contribution in [3.05, 3.63) is 34.9 Å². The van der Waals surface area contributed by atoms with Crippen molar-refractivity contribution in [1.82, 2.24) is 5.32 Å². The molecule has 0 heterocycles. The van der Waals surface area contributed by atoms with Crippen molar-refractivity contribution in [2.45, 2.75) is 20.4 Å². The molecule has 0 aromatic heterocycles. The molecule has 1 rings (SSSR count). The van der Waals surface area contributed by atoms with E-state index in [0.29, 0.717) is 6.54 Å². The molecule has 0 saturated carbocycles. The van der Waals surface area contributed by atoms with E-state index in [4.69, 9.17) is 5.11 Å². The molecule has 0 unspecified atom stereocenters. The molecule has 0 aliphatic heterocycles. The van der Waals surface area contributed by atoms with E-state index in [1.165, 1.54) is 0 Å². The molecule has 0 radical (unpaired) electrons. The van der Waals surface area contributed by atoms with Gasteiger partial charge in [-0.1, -0.05) is 29.3 Å². The van der Waals surface area contributed by atoms with Crippen LogP contribution in [0.2, 0.25) is 0 Å². The van der Waals surface area contributed by atoms with Crippen LogP contribution in [-0.2, 0) is 6.54 Å². The molecular formula is C10H13NO2. The smallest absolute Gasteiger partial charge is 0.404 e. The fourth-order valence-electron chi connectivity index (χ4n) is 1.35. The SMILES string of the molecule is Cc1cc(C)cc(CNC(=O)O)c1. The van der Waals surface area contributed by atoms with Gasteiger partial charge in [-0.05, 0) is 19.4 Å². The van der Waals surface area contributed by atoms with Crippen molar-refractivity contribution in [2.75, 3.05) is 0 Å². The number of carboxylic acid groups (broad SMARTS) is 1. The van der Waals surface area contributed by atoms with E-state index < -0.39 is 6.09 Å². The zero-order valence-corrected chi connectivity index (χ0v) is 7.79. The number of hydrogen-bond acceptors (Lipinski definition) is 1. The van der Waals surface area contributed by atoms with Crippen LogP contribution in [0, 0.1) is 13.8 Å². The van der Waals surface area contributed by atoms with Gasteiger partial charge in [-0.2, -0.15) is 0 Å². The average molecular weight is 179 g/mol. The summed E-state index contributed by atoms with van der Waals surface area (Å²) in [6.45, 7) is 4.37. The summed E-state index contributed by atoms with van der Waals surface area (Å²) < 4.78 is 0. The second kappa shape index (κ2) is 3.94. The lowest BCUT2D eigenvalue weighted by Gasteiger charge is -2.04. The lowest BCUT2D eigenvalue weighted by Crippen LogP contribution is -2.19. The normalized spacial score (nSPS) is 9.69. The summed E-state index contributed by atoms with van der Waals surface area (Å²) in [6.07, 6.45) is -0.987. The Morgan fingerprint density at radius 1 is 1.31 bits per heavy atom. The van der Waals surface area contributed by atoms with Crippen molar-refractivity contribution in [3.8, 4) is 0 Å². The second-order valence-corrected chi connectivity index (χ2v) is 3.15. The van der Waals surface area contributed by atoms with E-state index in [9.17, 15) is 4.79 Å². The maximum absolute atomic E-state index is 10.2. The van der Waals surface area contributed by atoms with Gasteiger partial charge >= 0.3 is 6.09 Å². The van der Waals surface area contributed by atoms with Gasteiger partial charge in [0.2, 0.25) is 0 Å². The zero-order chi connectivity index (χ0) is 9.84. The van der Waals surface area contributed by atoms with Crippen LogP contribution in [0.5, 0.6) is 0 Å².